The molecule has 0 unspecified atom stereocenters. The van der Waals surface area contributed by atoms with Crippen molar-refractivity contribution in [2.24, 2.45) is 0 Å². The highest BCUT2D eigenvalue weighted by atomic mass is 79.9. The molecule has 1 aliphatic heterocycles. The third kappa shape index (κ3) is 4.54. The first-order chi connectivity index (χ1) is 13.4. The maximum absolute atomic E-state index is 12.6. The normalized spacial score (nSPS) is 16.5. The van der Waals surface area contributed by atoms with E-state index in [4.69, 9.17) is 0 Å². The number of halogens is 1. The van der Waals surface area contributed by atoms with Gasteiger partial charge in [0, 0.05) is 22.4 Å². The first kappa shape index (κ1) is 20.4. The fourth-order valence-electron chi connectivity index (χ4n) is 3.25. The number of carbonyl (C=O) groups excluding carboxylic acids is 2. The number of benzene rings is 2. The number of allylic oxidation sites excluding steroid dienone is 1. The largest absolute Gasteiger partial charge is 0.320 e. The smallest absolute Gasteiger partial charge is 0.225 e. The lowest BCUT2D eigenvalue weighted by molar-refractivity contribution is -0.120. The fraction of sp³-hybridized carbons (Fsp3) is 0.227. The Bertz CT molecular complexity index is 1010. The van der Waals surface area contributed by atoms with Gasteiger partial charge in [0.25, 0.3) is 0 Å². The van der Waals surface area contributed by atoms with Crippen molar-refractivity contribution in [3.8, 4) is 6.07 Å². The lowest BCUT2D eigenvalue weighted by atomic mass is 9.87. The van der Waals surface area contributed by atoms with Gasteiger partial charge in [-0.2, -0.15) is 5.26 Å². The van der Waals surface area contributed by atoms with Crippen LogP contribution in [0.3, 0.4) is 0 Å². The van der Waals surface area contributed by atoms with Gasteiger partial charge in [0.15, 0.2) is 5.78 Å². The third-order valence-corrected chi connectivity index (χ3v) is 6.20. The number of Topliss-reactive ketones (excluding diaryl/α,β-unsaturated/α-hetero) is 1. The maximum Gasteiger partial charge on any atom is 0.225 e. The van der Waals surface area contributed by atoms with Gasteiger partial charge >= 0.3 is 0 Å². The van der Waals surface area contributed by atoms with Crippen molar-refractivity contribution >= 4 is 39.4 Å². The highest BCUT2D eigenvalue weighted by molar-refractivity contribution is 9.10. The van der Waals surface area contributed by atoms with E-state index in [0.29, 0.717) is 16.2 Å². The summed E-state index contributed by atoms with van der Waals surface area (Å²) in [6.07, 6.45) is 0.222. The van der Waals surface area contributed by atoms with Crippen LogP contribution in [0.1, 0.15) is 39.4 Å². The molecule has 28 heavy (non-hydrogen) atoms. The second-order valence-electron chi connectivity index (χ2n) is 6.74. The van der Waals surface area contributed by atoms with Gasteiger partial charge in [-0.05, 0) is 37.1 Å². The molecule has 0 saturated carbocycles. The zero-order valence-corrected chi connectivity index (χ0v) is 18.0. The van der Waals surface area contributed by atoms with Crippen LogP contribution < -0.4 is 5.32 Å². The highest BCUT2D eigenvalue weighted by Gasteiger charge is 2.30. The molecule has 4 nitrogen and oxygen atoms in total. The van der Waals surface area contributed by atoms with Crippen molar-refractivity contribution in [1.29, 1.82) is 5.26 Å². The number of nitrogens with zero attached hydrogens (tertiary/aromatic N) is 1. The lowest BCUT2D eigenvalue weighted by Gasteiger charge is -2.25. The predicted molar refractivity (Wildman–Crippen MR) is 115 cm³/mol. The summed E-state index contributed by atoms with van der Waals surface area (Å²) in [5.41, 5.74) is 4.12. The average Bonchev–Trinajstić information content (AvgIpc) is 2.66. The Balaban J connectivity index is 1.84. The zero-order valence-electron chi connectivity index (χ0n) is 15.6. The van der Waals surface area contributed by atoms with Crippen LogP contribution >= 0.6 is 27.7 Å². The number of ketones is 1. The molecule has 1 aliphatic rings. The Morgan fingerprint density at radius 1 is 1.25 bits per heavy atom. The lowest BCUT2D eigenvalue weighted by Crippen LogP contribution is -2.31. The number of hydrogen-bond donors (Lipinski definition) is 1. The molecule has 0 radical (unpaired) electrons. The van der Waals surface area contributed by atoms with E-state index in [1.54, 1.807) is 0 Å². The van der Waals surface area contributed by atoms with Crippen LogP contribution in [0.15, 0.2) is 57.5 Å². The third-order valence-electron chi connectivity index (χ3n) is 4.66. The van der Waals surface area contributed by atoms with E-state index in [-0.39, 0.29) is 29.8 Å². The molecule has 142 valence electrons. The Morgan fingerprint density at radius 2 is 1.96 bits per heavy atom. The second kappa shape index (κ2) is 8.76. The monoisotopic (exact) mass is 454 g/mol. The number of nitrogens with one attached hydrogen (secondary N) is 1. The van der Waals surface area contributed by atoms with Crippen molar-refractivity contribution in [3.63, 3.8) is 0 Å². The molecule has 1 heterocycles. The SMILES string of the molecule is Cc1ccc(C(=O)CSC2=C(C#N)[C@H](c3ccc(Br)cc3)CC(=O)N2)c(C)c1. The molecule has 2 aromatic carbocycles. The standard InChI is InChI=1S/C22H19BrN2O2S/c1-13-3-8-17(14(2)9-13)20(26)12-28-22-19(11-24)18(10-21(27)25-22)15-4-6-16(23)7-5-15/h3-9,18H,10,12H2,1-2H3,(H,25,27)/t18-/m0/s1. The second-order valence-corrected chi connectivity index (χ2v) is 8.64. The molecule has 0 aliphatic carbocycles. The van der Waals surface area contributed by atoms with E-state index in [9.17, 15) is 14.9 Å². The summed E-state index contributed by atoms with van der Waals surface area (Å²) < 4.78 is 0.938. The van der Waals surface area contributed by atoms with Crippen molar-refractivity contribution in [2.75, 3.05) is 5.75 Å². The van der Waals surface area contributed by atoms with Crippen LogP contribution in [0.2, 0.25) is 0 Å². The Hall–Kier alpha value is -2.36. The molecule has 0 bridgehead atoms. The van der Waals surface area contributed by atoms with E-state index < -0.39 is 0 Å². The summed E-state index contributed by atoms with van der Waals surface area (Å²) in [7, 11) is 0. The van der Waals surface area contributed by atoms with Gasteiger partial charge in [-0.25, -0.2) is 0 Å². The van der Waals surface area contributed by atoms with Crippen molar-refractivity contribution in [1.82, 2.24) is 5.32 Å². The van der Waals surface area contributed by atoms with Gasteiger partial charge in [0.1, 0.15) is 0 Å². The van der Waals surface area contributed by atoms with Crippen LogP contribution in [0.5, 0.6) is 0 Å². The number of thioether (sulfide) groups is 1. The number of rotatable bonds is 5. The van der Waals surface area contributed by atoms with Gasteiger partial charge in [0.05, 0.1) is 22.4 Å². The maximum atomic E-state index is 12.6. The molecule has 1 amide bonds. The van der Waals surface area contributed by atoms with Crippen LogP contribution in [0.4, 0.5) is 0 Å². The summed E-state index contributed by atoms with van der Waals surface area (Å²) >= 11 is 4.62. The summed E-state index contributed by atoms with van der Waals surface area (Å²) in [4.78, 5) is 24.9. The fourth-order valence-corrected chi connectivity index (χ4v) is 4.48. The van der Waals surface area contributed by atoms with Crippen LogP contribution in [-0.4, -0.2) is 17.4 Å². The number of carbonyl (C=O) groups is 2. The number of nitriles is 1. The molecule has 2 aromatic rings. The molecule has 1 N–H and O–H groups in total. The predicted octanol–water partition coefficient (Wildman–Crippen LogP) is 5.02. The first-order valence-corrected chi connectivity index (χ1v) is 10.6. The highest BCUT2D eigenvalue weighted by Crippen LogP contribution is 2.36. The van der Waals surface area contributed by atoms with Crippen molar-refractivity contribution < 1.29 is 9.59 Å². The summed E-state index contributed by atoms with van der Waals surface area (Å²) in [5, 5.41) is 13.0. The van der Waals surface area contributed by atoms with Gasteiger partial charge in [0.2, 0.25) is 5.91 Å². The Labute approximate surface area is 177 Å². The molecule has 3 rings (SSSR count). The minimum Gasteiger partial charge on any atom is -0.320 e. The minimum absolute atomic E-state index is 0.0210. The van der Waals surface area contributed by atoms with Gasteiger partial charge in [-0.15, -0.1) is 0 Å². The van der Waals surface area contributed by atoms with Crippen LogP contribution in [-0.2, 0) is 4.79 Å². The molecule has 0 fully saturated rings. The molecule has 0 spiro atoms. The van der Waals surface area contributed by atoms with E-state index in [1.165, 1.54) is 11.8 Å². The van der Waals surface area contributed by atoms with E-state index in [0.717, 1.165) is 21.2 Å². The molecule has 6 heteroatoms. The molecular weight excluding hydrogens is 436 g/mol. The molecule has 0 saturated heterocycles. The Kier molecular flexibility index (Phi) is 6.38. The molecular formula is C22H19BrN2O2S. The molecule has 0 aromatic heterocycles. The summed E-state index contributed by atoms with van der Waals surface area (Å²) in [6.45, 7) is 3.90. The topological polar surface area (TPSA) is 70.0 Å². The Morgan fingerprint density at radius 3 is 2.61 bits per heavy atom. The first-order valence-electron chi connectivity index (χ1n) is 8.82. The number of aryl methyl sites for hydroxylation is 2. The van der Waals surface area contributed by atoms with Gasteiger partial charge < -0.3 is 5.32 Å². The minimum atomic E-state index is -0.300. The van der Waals surface area contributed by atoms with Crippen LogP contribution in [0, 0.1) is 25.2 Å². The van der Waals surface area contributed by atoms with Crippen LogP contribution in [0.25, 0.3) is 0 Å². The van der Waals surface area contributed by atoms with E-state index in [1.807, 2.05) is 56.3 Å². The number of amides is 1. The van der Waals surface area contributed by atoms with E-state index in [2.05, 4.69) is 27.3 Å². The average molecular weight is 455 g/mol. The van der Waals surface area contributed by atoms with Gasteiger partial charge in [-0.1, -0.05) is 63.6 Å². The summed E-state index contributed by atoms with van der Waals surface area (Å²) in [5.74, 6) is -0.302. The zero-order chi connectivity index (χ0) is 20.3. The van der Waals surface area contributed by atoms with E-state index >= 15 is 0 Å². The molecule has 1 atom stereocenters. The van der Waals surface area contributed by atoms with Gasteiger partial charge in [-0.3, -0.25) is 9.59 Å². The van der Waals surface area contributed by atoms with Crippen molar-refractivity contribution in [2.45, 2.75) is 26.2 Å². The van der Waals surface area contributed by atoms with Crippen molar-refractivity contribution in [3.05, 3.63) is 79.8 Å². The summed E-state index contributed by atoms with van der Waals surface area (Å²) in [6, 6.07) is 15.6. The number of hydrogen-bond acceptors (Lipinski definition) is 4. The quantitative estimate of drug-likeness (QED) is 0.643.